The zero-order chi connectivity index (χ0) is 15.0. The number of primary sulfonamides is 1. The van der Waals surface area contributed by atoms with Crippen molar-refractivity contribution in [3.05, 3.63) is 23.0 Å². The van der Waals surface area contributed by atoms with E-state index >= 15 is 0 Å². The van der Waals surface area contributed by atoms with E-state index < -0.39 is 50.4 Å². The predicted molar refractivity (Wildman–Crippen MR) is 55.1 cm³/mol. The maximum absolute atomic E-state index is 12.7. The van der Waals surface area contributed by atoms with Gasteiger partial charge in [0.1, 0.15) is 5.69 Å². The standard InChI is InChI=1S/C8H6ClF5N2O2S/c9-2-3-6(7(10)11)4(19(15,17)18)1-5(16-3)8(12,13)14/h1,7H,2H2,(H2,15,17,18). The summed E-state index contributed by atoms with van der Waals surface area (Å²) < 4.78 is 85.1. The van der Waals surface area contributed by atoms with Crippen molar-refractivity contribution >= 4 is 21.6 Å². The van der Waals surface area contributed by atoms with Crippen LogP contribution in [0.2, 0.25) is 0 Å². The molecule has 0 bridgehead atoms. The molecule has 1 aromatic heterocycles. The molecular formula is C8H6ClF5N2O2S. The Balaban J connectivity index is 3.75. The number of hydrogen-bond donors (Lipinski definition) is 1. The van der Waals surface area contributed by atoms with Crippen LogP contribution in [0.3, 0.4) is 0 Å². The van der Waals surface area contributed by atoms with E-state index in [0.29, 0.717) is 0 Å². The van der Waals surface area contributed by atoms with Crippen LogP contribution in [0.4, 0.5) is 22.0 Å². The van der Waals surface area contributed by atoms with Gasteiger partial charge in [0, 0.05) is 0 Å². The van der Waals surface area contributed by atoms with Crippen molar-refractivity contribution in [1.29, 1.82) is 0 Å². The van der Waals surface area contributed by atoms with E-state index in [1.165, 1.54) is 0 Å². The SMILES string of the molecule is NS(=O)(=O)c1cc(C(F)(F)F)nc(CCl)c1C(F)F. The number of hydrogen-bond acceptors (Lipinski definition) is 3. The molecule has 11 heteroatoms. The van der Waals surface area contributed by atoms with Gasteiger partial charge in [0.2, 0.25) is 10.0 Å². The van der Waals surface area contributed by atoms with Crippen molar-refractivity contribution in [1.82, 2.24) is 4.98 Å². The molecule has 108 valence electrons. The zero-order valence-corrected chi connectivity index (χ0v) is 10.5. The van der Waals surface area contributed by atoms with Gasteiger partial charge >= 0.3 is 6.18 Å². The number of rotatable bonds is 3. The smallest absolute Gasteiger partial charge is 0.246 e. The average molecular weight is 325 g/mol. The van der Waals surface area contributed by atoms with Crippen LogP contribution in [0, 0.1) is 0 Å². The maximum atomic E-state index is 12.7. The predicted octanol–water partition coefficient (Wildman–Crippen LogP) is 2.42. The highest BCUT2D eigenvalue weighted by atomic mass is 35.5. The molecule has 0 atom stereocenters. The molecular weight excluding hydrogens is 319 g/mol. The molecule has 1 heterocycles. The summed E-state index contributed by atoms with van der Waals surface area (Å²) in [5, 5.41) is 4.63. The lowest BCUT2D eigenvalue weighted by atomic mass is 10.2. The van der Waals surface area contributed by atoms with Gasteiger partial charge in [-0.1, -0.05) is 0 Å². The van der Waals surface area contributed by atoms with Crippen molar-refractivity contribution in [3.8, 4) is 0 Å². The van der Waals surface area contributed by atoms with Crippen LogP contribution in [0.15, 0.2) is 11.0 Å². The number of nitrogens with zero attached hydrogens (tertiary/aromatic N) is 1. The molecule has 0 unspecified atom stereocenters. The molecule has 2 N–H and O–H groups in total. The van der Waals surface area contributed by atoms with Crippen molar-refractivity contribution in [2.24, 2.45) is 5.14 Å². The second-order valence-electron chi connectivity index (χ2n) is 3.34. The van der Waals surface area contributed by atoms with Gasteiger partial charge in [0.05, 0.1) is 22.0 Å². The molecule has 0 saturated heterocycles. The van der Waals surface area contributed by atoms with Gasteiger partial charge in [0.25, 0.3) is 6.43 Å². The first-order valence-corrected chi connectivity index (χ1v) is 6.54. The fourth-order valence-corrected chi connectivity index (χ4v) is 2.29. The highest BCUT2D eigenvalue weighted by molar-refractivity contribution is 7.89. The van der Waals surface area contributed by atoms with E-state index in [1.54, 1.807) is 0 Å². The molecule has 4 nitrogen and oxygen atoms in total. The molecule has 0 radical (unpaired) electrons. The fourth-order valence-electron chi connectivity index (χ4n) is 1.30. The minimum Gasteiger partial charge on any atom is -0.246 e. The number of aromatic nitrogens is 1. The molecule has 0 amide bonds. The van der Waals surface area contributed by atoms with Gasteiger partial charge < -0.3 is 0 Å². The summed E-state index contributed by atoms with van der Waals surface area (Å²) in [6.45, 7) is 0. The number of halogens is 6. The van der Waals surface area contributed by atoms with Crippen molar-refractivity contribution in [2.75, 3.05) is 0 Å². The van der Waals surface area contributed by atoms with Gasteiger partial charge in [0.15, 0.2) is 0 Å². The zero-order valence-electron chi connectivity index (χ0n) is 8.88. The first kappa shape index (κ1) is 16.1. The molecule has 1 rings (SSSR count). The third kappa shape index (κ3) is 3.51. The molecule has 1 aromatic rings. The first-order valence-electron chi connectivity index (χ1n) is 4.46. The highest BCUT2D eigenvalue weighted by Crippen LogP contribution is 2.35. The van der Waals surface area contributed by atoms with Crippen LogP contribution in [0.5, 0.6) is 0 Å². The van der Waals surface area contributed by atoms with Gasteiger partial charge in [-0.15, -0.1) is 11.6 Å². The van der Waals surface area contributed by atoms with E-state index in [2.05, 4.69) is 10.1 Å². The lowest BCUT2D eigenvalue weighted by Gasteiger charge is -2.14. The van der Waals surface area contributed by atoms with Crippen LogP contribution in [-0.2, 0) is 22.1 Å². The van der Waals surface area contributed by atoms with Crippen LogP contribution < -0.4 is 5.14 Å². The third-order valence-corrected chi connectivity index (χ3v) is 3.25. The second-order valence-corrected chi connectivity index (χ2v) is 5.14. The highest BCUT2D eigenvalue weighted by Gasteiger charge is 2.36. The summed E-state index contributed by atoms with van der Waals surface area (Å²) in [4.78, 5) is 1.57. The Morgan fingerprint density at radius 3 is 2.21 bits per heavy atom. The van der Waals surface area contributed by atoms with Gasteiger partial charge in [-0.05, 0) is 6.07 Å². The topological polar surface area (TPSA) is 73.1 Å². The monoisotopic (exact) mass is 324 g/mol. The molecule has 0 fully saturated rings. The molecule has 0 aliphatic rings. The van der Waals surface area contributed by atoms with Crippen LogP contribution >= 0.6 is 11.6 Å². The summed E-state index contributed by atoms with van der Waals surface area (Å²) in [6.07, 6.45) is -8.39. The minimum atomic E-state index is -5.01. The quantitative estimate of drug-likeness (QED) is 0.685. The summed E-state index contributed by atoms with van der Waals surface area (Å²) in [6, 6.07) is -0.0348. The van der Waals surface area contributed by atoms with Gasteiger partial charge in [-0.25, -0.2) is 27.3 Å². The number of nitrogens with two attached hydrogens (primary N) is 1. The van der Waals surface area contributed by atoms with E-state index in [9.17, 15) is 30.4 Å². The van der Waals surface area contributed by atoms with Gasteiger partial charge in [-0.2, -0.15) is 13.2 Å². The van der Waals surface area contributed by atoms with Crippen LogP contribution in [-0.4, -0.2) is 13.4 Å². The molecule has 0 saturated carbocycles. The summed E-state index contributed by atoms with van der Waals surface area (Å²) in [5.41, 5.74) is -3.75. The van der Waals surface area contributed by atoms with Crippen LogP contribution in [0.1, 0.15) is 23.4 Å². The summed E-state index contributed by atoms with van der Waals surface area (Å²) in [5.74, 6) is -0.813. The average Bonchev–Trinajstić information content (AvgIpc) is 2.24. The third-order valence-electron chi connectivity index (χ3n) is 2.04. The minimum absolute atomic E-state index is 0.0348. The Kier molecular flexibility index (Phi) is 4.37. The summed E-state index contributed by atoms with van der Waals surface area (Å²) in [7, 11) is -4.77. The fraction of sp³-hybridized carbons (Fsp3) is 0.375. The normalized spacial score (nSPS) is 13.1. The Morgan fingerprint density at radius 2 is 1.89 bits per heavy atom. The number of alkyl halides is 6. The molecule has 19 heavy (non-hydrogen) atoms. The number of pyridine rings is 1. The lowest BCUT2D eigenvalue weighted by Crippen LogP contribution is -2.20. The van der Waals surface area contributed by atoms with E-state index in [1.807, 2.05) is 0 Å². The van der Waals surface area contributed by atoms with E-state index in [-0.39, 0.29) is 6.07 Å². The molecule has 0 aliphatic heterocycles. The Labute approximate surface area is 109 Å². The second kappa shape index (κ2) is 5.17. The van der Waals surface area contributed by atoms with E-state index in [4.69, 9.17) is 11.6 Å². The Hall–Kier alpha value is -1.00. The molecule has 0 aromatic carbocycles. The largest absolute Gasteiger partial charge is 0.433 e. The van der Waals surface area contributed by atoms with Crippen molar-refractivity contribution in [3.63, 3.8) is 0 Å². The molecule has 0 aliphatic carbocycles. The van der Waals surface area contributed by atoms with Crippen molar-refractivity contribution < 1.29 is 30.4 Å². The number of sulfonamides is 1. The Bertz CT molecular complexity index is 588. The van der Waals surface area contributed by atoms with Gasteiger partial charge in [-0.3, -0.25) is 0 Å². The lowest BCUT2D eigenvalue weighted by molar-refractivity contribution is -0.141. The summed E-state index contributed by atoms with van der Waals surface area (Å²) >= 11 is 5.22. The maximum Gasteiger partial charge on any atom is 0.433 e. The van der Waals surface area contributed by atoms with Crippen LogP contribution in [0.25, 0.3) is 0 Å². The molecule has 0 spiro atoms. The Morgan fingerprint density at radius 1 is 1.37 bits per heavy atom. The first-order chi connectivity index (χ1) is 8.48. The van der Waals surface area contributed by atoms with E-state index in [0.717, 1.165) is 0 Å². The van der Waals surface area contributed by atoms with Crippen molar-refractivity contribution in [2.45, 2.75) is 23.4 Å².